The molecule has 0 spiro atoms. The molecule has 0 bridgehead atoms. The highest BCUT2D eigenvalue weighted by atomic mass is 16.2. The van der Waals surface area contributed by atoms with Gasteiger partial charge in [0.25, 0.3) is 0 Å². The van der Waals surface area contributed by atoms with E-state index in [4.69, 9.17) is 0 Å². The van der Waals surface area contributed by atoms with Crippen molar-refractivity contribution in [2.24, 2.45) is 10.8 Å². The molecule has 0 heterocycles. The molecule has 1 amide bonds. The summed E-state index contributed by atoms with van der Waals surface area (Å²) in [6, 6.07) is 0.528. The number of hydrogen-bond donors (Lipinski definition) is 2. The Bertz CT molecular complexity index is 305. The van der Waals surface area contributed by atoms with Crippen LogP contribution in [0.4, 0.5) is 0 Å². The van der Waals surface area contributed by atoms with Crippen LogP contribution in [-0.4, -0.2) is 24.0 Å². The van der Waals surface area contributed by atoms with Gasteiger partial charge in [-0.15, -0.1) is 0 Å². The summed E-state index contributed by atoms with van der Waals surface area (Å²) in [4.78, 5) is 12.0. The minimum atomic E-state index is -0.114. The van der Waals surface area contributed by atoms with E-state index in [0.717, 1.165) is 12.8 Å². The van der Waals surface area contributed by atoms with Crippen molar-refractivity contribution in [3.05, 3.63) is 0 Å². The van der Waals surface area contributed by atoms with Gasteiger partial charge in [0, 0.05) is 12.1 Å². The molecule has 0 saturated heterocycles. The van der Waals surface area contributed by atoms with E-state index in [1.807, 2.05) is 20.8 Å². The number of amides is 1. The fraction of sp³-hybridized carbons (Fsp3) is 0.938. The Balaban J connectivity index is 2.58. The summed E-state index contributed by atoms with van der Waals surface area (Å²) in [5.41, 5.74) is 0.710. The van der Waals surface area contributed by atoms with Crippen LogP contribution in [0, 0.1) is 10.8 Å². The first-order chi connectivity index (χ1) is 8.51. The molecular weight excluding hydrogens is 236 g/mol. The Morgan fingerprint density at radius 1 is 1.05 bits per heavy atom. The van der Waals surface area contributed by atoms with E-state index >= 15 is 0 Å². The van der Waals surface area contributed by atoms with E-state index < -0.39 is 0 Å². The summed E-state index contributed by atoms with van der Waals surface area (Å²) in [5, 5.41) is 6.50. The van der Waals surface area contributed by atoms with Crippen molar-refractivity contribution in [2.45, 2.75) is 85.9 Å². The minimum Gasteiger partial charge on any atom is -0.353 e. The second-order valence-electron chi connectivity index (χ2n) is 8.16. The summed E-state index contributed by atoms with van der Waals surface area (Å²) in [6.07, 6.45) is 3.55. The monoisotopic (exact) mass is 268 g/mol. The van der Waals surface area contributed by atoms with Crippen LogP contribution in [0.1, 0.15) is 67.7 Å². The Hall–Kier alpha value is -0.570. The van der Waals surface area contributed by atoms with Crippen LogP contribution in [0.15, 0.2) is 0 Å². The van der Waals surface area contributed by atoms with Crippen LogP contribution in [0.25, 0.3) is 0 Å². The van der Waals surface area contributed by atoms with Crippen molar-refractivity contribution in [3.8, 4) is 0 Å². The van der Waals surface area contributed by atoms with Crippen molar-refractivity contribution in [1.82, 2.24) is 10.6 Å². The summed E-state index contributed by atoms with van der Waals surface area (Å²) >= 11 is 0. The maximum atomic E-state index is 12.0. The Kier molecular flexibility index (Phi) is 5.05. The van der Waals surface area contributed by atoms with E-state index in [1.165, 1.54) is 6.42 Å². The van der Waals surface area contributed by atoms with E-state index in [-0.39, 0.29) is 18.0 Å². The van der Waals surface area contributed by atoms with Crippen LogP contribution in [0.5, 0.6) is 0 Å². The molecule has 0 aliphatic heterocycles. The zero-order valence-corrected chi connectivity index (χ0v) is 13.8. The smallest absolute Gasteiger partial charge is 0.237 e. The van der Waals surface area contributed by atoms with Crippen LogP contribution in [0.3, 0.4) is 0 Å². The second kappa shape index (κ2) is 5.82. The number of rotatable bonds is 4. The average Bonchev–Trinajstić information content (AvgIpc) is 2.10. The number of hydrogen-bond acceptors (Lipinski definition) is 2. The molecule has 1 aliphatic carbocycles. The molecule has 2 N–H and O–H groups in total. The van der Waals surface area contributed by atoms with Crippen LogP contribution >= 0.6 is 0 Å². The summed E-state index contributed by atoms with van der Waals surface area (Å²) < 4.78 is 0. The number of carbonyl (C=O) groups is 1. The lowest BCUT2D eigenvalue weighted by Gasteiger charge is -2.45. The van der Waals surface area contributed by atoms with Gasteiger partial charge in [0.15, 0.2) is 0 Å². The predicted molar refractivity (Wildman–Crippen MR) is 81.1 cm³/mol. The number of nitrogens with one attached hydrogen (secondary N) is 2. The maximum absolute atomic E-state index is 12.0. The molecule has 112 valence electrons. The highest BCUT2D eigenvalue weighted by molar-refractivity contribution is 5.81. The van der Waals surface area contributed by atoms with E-state index in [9.17, 15) is 4.79 Å². The summed E-state index contributed by atoms with van der Waals surface area (Å²) in [6.45, 7) is 15.3. The normalized spacial score (nSPS) is 24.2. The first kappa shape index (κ1) is 16.5. The number of carbonyl (C=O) groups excluding carboxylic acids is 1. The molecule has 1 saturated carbocycles. The van der Waals surface area contributed by atoms with Gasteiger partial charge in [0.1, 0.15) is 0 Å². The highest BCUT2D eigenvalue weighted by Crippen LogP contribution is 2.45. The Labute approximate surface area is 118 Å². The molecule has 1 fully saturated rings. The van der Waals surface area contributed by atoms with E-state index in [2.05, 4.69) is 38.3 Å². The summed E-state index contributed by atoms with van der Waals surface area (Å²) in [7, 11) is 0. The zero-order chi connectivity index (χ0) is 14.8. The third-order valence-electron chi connectivity index (χ3n) is 3.86. The topological polar surface area (TPSA) is 41.1 Å². The van der Waals surface area contributed by atoms with Gasteiger partial charge in [-0.05, 0) is 50.9 Å². The standard InChI is InChI=1S/C16H32N2O/c1-11(2)17-14(19)12(3)18-13-8-15(4,5)10-16(6,7)9-13/h11-13,18H,8-10H2,1-7H3,(H,17,19). The van der Waals surface area contributed by atoms with E-state index in [0.29, 0.717) is 16.9 Å². The molecule has 0 radical (unpaired) electrons. The molecule has 1 atom stereocenters. The van der Waals surface area contributed by atoms with E-state index in [1.54, 1.807) is 0 Å². The quantitative estimate of drug-likeness (QED) is 0.822. The van der Waals surface area contributed by atoms with Crippen molar-refractivity contribution in [3.63, 3.8) is 0 Å². The third kappa shape index (κ3) is 5.52. The minimum absolute atomic E-state index is 0.108. The fourth-order valence-electron chi connectivity index (χ4n) is 3.80. The lowest BCUT2D eigenvalue weighted by Crippen LogP contribution is -2.52. The van der Waals surface area contributed by atoms with Gasteiger partial charge in [0.05, 0.1) is 6.04 Å². The molecule has 19 heavy (non-hydrogen) atoms. The van der Waals surface area contributed by atoms with Crippen molar-refractivity contribution < 1.29 is 4.79 Å². The first-order valence-corrected chi connectivity index (χ1v) is 7.57. The first-order valence-electron chi connectivity index (χ1n) is 7.57. The fourth-order valence-corrected chi connectivity index (χ4v) is 3.80. The van der Waals surface area contributed by atoms with Gasteiger partial charge >= 0.3 is 0 Å². The van der Waals surface area contributed by atoms with Gasteiger partial charge in [-0.2, -0.15) is 0 Å². The maximum Gasteiger partial charge on any atom is 0.237 e. The molecule has 1 aliphatic rings. The second-order valence-corrected chi connectivity index (χ2v) is 8.16. The molecule has 3 heteroatoms. The van der Waals surface area contributed by atoms with Gasteiger partial charge in [0.2, 0.25) is 5.91 Å². The molecule has 1 rings (SSSR count). The largest absolute Gasteiger partial charge is 0.353 e. The van der Waals surface area contributed by atoms with Gasteiger partial charge in [-0.1, -0.05) is 27.7 Å². The Morgan fingerprint density at radius 2 is 1.53 bits per heavy atom. The van der Waals surface area contributed by atoms with Crippen LogP contribution < -0.4 is 10.6 Å². The molecule has 0 aromatic rings. The van der Waals surface area contributed by atoms with Gasteiger partial charge in [-0.3, -0.25) is 4.79 Å². The van der Waals surface area contributed by atoms with Crippen LogP contribution in [-0.2, 0) is 4.79 Å². The molecule has 0 aromatic carbocycles. The lowest BCUT2D eigenvalue weighted by molar-refractivity contribution is -0.123. The average molecular weight is 268 g/mol. The highest BCUT2D eigenvalue weighted by Gasteiger charge is 2.39. The van der Waals surface area contributed by atoms with Crippen LogP contribution in [0.2, 0.25) is 0 Å². The Morgan fingerprint density at radius 3 is 1.95 bits per heavy atom. The lowest BCUT2D eigenvalue weighted by atomic mass is 9.63. The molecule has 1 unspecified atom stereocenters. The predicted octanol–water partition coefficient (Wildman–Crippen LogP) is 3.09. The van der Waals surface area contributed by atoms with Gasteiger partial charge < -0.3 is 10.6 Å². The SMILES string of the molecule is CC(C)NC(=O)C(C)NC1CC(C)(C)CC(C)(C)C1. The third-order valence-corrected chi connectivity index (χ3v) is 3.86. The molecule has 3 nitrogen and oxygen atoms in total. The molecular formula is C16H32N2O. The zero-order valence-electron chi connectivity index (χ0n) is 13.8. The van der Waals surface area contributed by atoms with Crippen molar-refractivity contribution in [2.75, 3.05) is 0 Å². The van der Waals surface area contributed by atoms with Crippen molar-refractivity contribution >= 4 is 5.91 Å². The summed E-state index contributed by atoms with van der Waals surface area (Å²) in [5.74, 6) is 0.108. The molecule has 0 aromatic heterocycles. The van der Waals surface area contributed by atoms with Gasteiger partial charge in [-0.25, -0.2) is 0 Å². The van der Waals surface area contributed by atoms with Crippen molar-refractivity contribution in [1.29, 1.82) is 0 Å².